The van der Waals surface area contributed by atoms with Crippen LogP contribution < -0.4 is 32.2 Å². The van der Waals surface area contributed by atoms with Crippen molar-refractivity contribution in [1.29, 1.82) is 0 Å². The van der Waals surface area contributed by atoms with Crippen LogP contribution in [0.5, 0.6) is 11.5 Å². The third kappa shape index (κ3) is 6.69. The molecule has 1 aliphatic carbocycles. The molecule has 4 heterocycles. The number of piperidine rings is 2. The largest absolute Gasteiger partial charge is 0.507 e. The van der Waals surface area contributed by atoms with Gasteiger partial charge >= 0.3 is 0 Å². The molecule has 12 heteroatoms. The number of hydrogen-bond donors (Lipinski definition) is 5. The molecule has 1 unspecified atom stereocenters. The zero-order valence-electron chi connectivity index (χ0n) is 27.8. The second kappa shape index (κ2) is 13.9. The molecular weight excluding hydrogens is 620 g/mol. The van der Waals surface area contributed by atoms with Gasteiger partial charge in [-0.1, -0.05) is 24.3 Å². The number of allylic oxidation sites excluding steroid dienone is 2. The highest BCUT2D eigenvalue weighted by molar-refractivity contribution is 6.02. The maximum absolute atomic E-state index is 12.7. The van der Waals surface area contributed by atoms with Gasteiger partial charge in [0.25, 0.3) is 0 Å². The minimum absolute atomic E-state index is 0.0919. The van der Waals surface area contributed by atoms with Crippen LogP contribution in [0, 0.1) is 0 Å². The van der Waals surface area contributed by atoms with Crippen molar-refractivity contribution in [3.05, 3.63) is 83.4 Å². The van der Waals surface area contributed by atoms with Crippen molar-refractivity contribution >= 4 is 28.8 Å². The number of aromatic hydroxyl groups is 1. The van der Waals surface area contributed by atoms with Gasteiger partial charge in [-0.25, -0.2) is 0 Å². The highest BCUT2D eigenvalue weighted by Crippen LogP contribution is 2.44. The first-order valence-electron chi connectivity index (χ1n) is 17.4. The number of ether oxygens (including phenoxy) is 1. The Bertz CT molecular complexity index is 1760. The summed E-state index contributed by atoms with van der Waals surface area (Å²) in [6, 6.07) is 13.7. The topological polar surface area (TPSA) is 178 Å². The van der Waals surface area contributed by atoms with Gasteiger partial charge in [-0.2, -0.15) is 5.10 Å². The van der Waals surface area contributed by atoms with E-state index in [0.29, 0.717) is 60.8 Å². The minimum atomic E-state index is -0.344. The summed E-state index contributed by atoms with van der Waals surface area (Å²) in [5.74, 6) is 1.13. The number of anilines is 1. The molecule has 12 nitrogen and oxygen atoms in total. The van der Waals surface area contributed by atoms with Crippen LogP contribution in [0.25, 0.3) is 11.3 Å². The molecule has 3 fully saturated rings. The van der Waals surface area contributed by atoms with Crippen molar-refractivity contribution in [3.8, 4) is 11.5 Å². The van der Waals surface area contributed by atoms with E-state index in [1.54, 1.807) is 30.5 Å². The van der Waals surface area contributed by atoms with E-state index in [-0.39, 0.29) is 29.4 Å². The molecule has 3 aromatic rings. The number of benzene rings is 2. The molecule has 0 bridgehead atoms. The number of hydrogen-bond acceptors (Lipinski definition) is 10. The highest BCUT2D eigenvalue weighted by atomic mass is 16.5. The van der Waals surface area contributed by atoms with E-state index < -0.39 is 0 Å². The zero-order chi connectivity index (χ0) is 34.1. The summed E-state index contributed by atoms with van der Waals surface area (Å²) < 4.78 is 8.29. The quantitative estimate of drug-likeness (QED) is 0.185. The number of aromatic nitrogens is 2. The number of nitrogens with one attached hydrogen (secondary N) is 1. The smallest absolute Gasteiger partial charge is 0.249 e. The van der Waals surface area contributed by atoms with Crippen molar-refractivity contribution < 1.29 is 19.4 Å². The second-order valence-electron chi connectivity index (χ2n) is 13.7. The molecule has 1 saturated carbocycles. The molecule has 49 heavy (non-hydrogen) atoms. The van der Waals surface area contributed by atoms with E-state index in [0.717, 1.165) is 68.6 Å². The first-order chi connectivity index (χ1) is 23.8. The monoisotopic (exact) mass is 666 g/mol. The predicted octanol–water partition coefficient (Wildman–Crippen LogP) is 3.54. The number of nitrogens with zero attached hydrogens (tertiary/aromatic N) is 4. The number of phenolic OH excluding ortho intramolecular Hbond substituents is 1. The van der Waals surface area contributed by atoms with Crippen LogP contribution in [0.1, 0.15) is 80.0 Å². The van der Waals surface area contributed by atoms with E-state index >= 15 is 0 Å². The molecule has 1 aromatic heterocycles. The number of fused-ring (bicyclic) bond motifs is 1. The third-order valence-corrected chi connectivity index (χ3v) is 10.8. The lowest BCUT2D eigenvalue weighted by Crippen LogP contribution is -2.54. The van der Waals surface area contributed by atoms with E-state index in [1.807, 2.05) is 23.0 Å². The lowest BCUT2D eigenvalue weighted by atomic mass is 9.85. The number of phenols is 1. The van der Waals surface area contributed by atoms with Gasteiger partial charge in [-0.05, 0) is 93.8 Å². The van der Waals surface area contributed by atoms with Crippen molar-refractivity contribution in [2.45, 2.75) is 75.4 Å². The molecule has 0 spiro atoms. The van der Waals surface area contributed by atoms with Gasteiger partial charge in [0.1, 0.15) is 30.0 Å². The minimum Gasteiger partial charge on any atom is -0.507 e. The second-order valence-corrected chi connectivity index (χ2v) is 13.7. The molecule has 4 aliphatic rings. The summed E-state index contributed by atoms with van der Waals surface area (Å²) in [5, 5.41) is 17.4. The lowest BCUT2D eigenvalue weighted by molar-refractivity contribution is -0.134. The van der Waals surface area contributed by atoms with Gasteiger partial charge in [0.05, 0.1) is 24.5 Å². The third-order valence-electron chi connectivity index (χ3n) is 10.8. The first-order valence-corrected chi connectivity index (χ1v) is 17.4. The van der Waals surface area contributed by atoms with Crippen LogP contribution in [0.4, 0.5) is 5.69 Å². The molecule has 8 N–H and O–H groups in total. The van der Waals surface area contributed by atoms with Gasteiger partial charge in [0.2, 0.25) is 11.8 Å². The van der Waals surface area contributed by atoms with E-state index in [9.17, 15) is 14.7 Å². The molecule has 2 saturated heterocycles. The summed E-state index contributed by atoms with van der Waals surface area (Å²) in [7, 11) is 0. The van der Waals surface area contributed by atoms with Gasteiger partial charge in [-0.15, -0.1) is 0 Å². The fourth-order valence-electron chi connectivity index (χ4n) is 8.14. The van der Waals surface area contributed by atoms with E-state index in [2.05, 4.69) is 32.3 Å². The molecule has 0 radical (unpaired) electrons. The summed E-state index contributed by atoms with van der Waals surface area (Å²) >= 11 is 0. The zero-order valence-corrected chi connectivity index (χ0v) is 27.8. The standard InChI is InChI=1S/C37H46N8O4/c38-30(28-4-1-2-7-33(28)46)20-29(36(39)40)24-21-41-45(22-24)26-10-8-25(9-11-26)43-16-14-23(15-17-43)27-5-3-6-31-35(27)49-19-18-44(31)32-12-13-34(47)42-37(32)48/h1-7,20-23,25-26,32,46H,8-19,38-40H2,(H,42,47,48)/b30-20-. The molecule has 258 valence electrons. The number of nitrogens with two attached hydrogens (primary N) is 3. The summed E-state index contributed by atoms with van der Waals surface area (Å²) in [4.78, 5) is 29.2. The Hall–Kier alpha value is -4.97. The SMILES string of the molecule is NC(N)=C(/C=C(\N)c1ccccc1O)c1cnn(C2CCC(N3CCC(c4cccc5c4OCCN5C4CCC(=O)NC4=O)CC3)CC2)c1. The maximum atomic E-state index is 12.7. The normalized spacial score (nSPS) is 23.8. The van der Waals surface area contributed by atoms with Crippen molar-refractivity contribution in [2.24, 2.45) is 17.2 Å². The molecule has 1 atom stereocenters. The van der Waals surface area contributed by atoms with Crippen molar-refractivity contribution in [1.82, 2.24) is 20.0 Å². The molecule has 7 rings (SSSR count). The Morgan fingerprint density at radius 1 is 0.918 bits per heavy atom. The predicted molar refractivity (Wildman–Crippen MR) is 188 cm³/mol. The highest BCUT2D eigenvalue weighted by Gasteiger charge is 2.37. The maximum Gasteiger partial charge on any atom is 0.249 e. The number of para-hydroxylation sites is 2. The summed E-state index contributed by atoms with van der Waals surface area (Å²) in [6.45, 7) is 3.25. The first kappa shape index (κ1) is 32.6. The summed E-state index contributed by atoms with van der Waals surface area (Å²) in [5.41, 5.74) is 22.9. The molecule has 2 aromatic carbocycles. The van der Waals surface area contributed by atoms with Gasteiger partial charge < -0.3 is 36.8 Å². The fraction of sp³-hybridized carbons (Fsp3) is 0.432. The Labute approximate surface area is 286 Å². The Morgan fingerprint density at radius 3 is 2.41 bits per heavy atom. The number of likely N-dealkylation sites (tertiary alicyclic amines) is 1. The molecular formula is C37H46N8O4. The van der Waals surface area contributed by atoms with Gasteiger partial charge in [0.15, 0.2) is 0 Å². The number of amides is 2. The summed E-state index contributed by atoms with van der Waals surface area (Å²) in [6.07, 6.45) is 12.8. The lowest BCUT2D eigenvalue weighted by Gasteiger charge is -2.42. The van der Waals surface area contributed by atoms with Crippen LogP contribution in [0.15, 0.2) is 66.8 Å². The Kier molecular flexibility index (Phi) is 9.22. The van der Waals surface area contributed by atoms with Crippen LogP contribution in [0.2, 0.25) is 0 Å². The molecule has 2 amide bonds. The number of carbonyl (C=O) groups is 2. The van der Waals surface area contributed by atoms with E-state index in [4.69, 9.17) is 21.9 Å². The Balaban J connectivity index is 0.954. The number of rotatable bonds is 7. The van der Waals surface area contributed by atoms with Gasteiger partial charge in [-0.3, -0.25) is 19.6 Å². The number of imide groups is 1. The van der Waals surface area contributed by atoms with Crippen LogP contribution in [-0.4, -0.2) is 69.9 Å². The van der Waals surface area contributed by atoms with Crippen LogP contribution in [-0.2, 0) is 9.59 Å². The van der Waals surface area contributed by atoms with E-state index in [1.165, 1.54) is 5.56 Å². The number of carbonyl (C=O) groups excluding carboxylic acids is 2. The van der Waals surface area contributed by atoms with Crippen molar-refractivity contribution in [2.75, 3.05) is 31.1 Å². The van der Waals surface area contributed by atoms with Crippen molar-refractivity contribution in [3.63, 3.8) is 0 Å². The van der Waals surface area contributed by atoms with Crippen LogP contribution in [0.3, 0.4) is 0 Å². The average molecular weight is 667 g/mol. The fourth-order valence-corrected chi connectivity index (χ4v) is 8.14. The van der Waals surface area contributed by atoms with Crippen LogP contribution >= 0.6 is 0 Å². The average Bonchev–Trinajstić information content (AvgIpc) is 3.60. The molecule has 3 aliphatic heterocycles. The Morgan fingerprint density at radius 2 is 1.67 bits per heavy atom. The van der Waals surface area contributed by atoms with Gasteiger partial charge in [0, 0.05) is 41.1 Å².